The minimum absolute atomic E-state index is 0.00263. The summed E-state index contributed by atoms with van der Waals surface area (Å²) in [5.74, 6) is -0.113. The molecule has 2 heterocycles. The highest BCUT2D eigenvalue weighted by Crippen LogP contribution is 2.19. The van der Waals surface area contributed by atoms with E-state index in [1.54, 1.807) is 0 Å². The fourth-order valence-corrected chi connectivity index (χ4v) is 1.69. The van der Waals surface area contributed by atoms with Crippen LogP contribution >= 0.6 is 0 Å². The zero-order chi connectivity index (χ0) is 9.97. The van der Waals surface area contributed by atoms with Crippen molar-refractivity contribution in [3.63, 3.8) is 0 Å². The Balaban J connectivity index is 1.70. The van der Waals surface area contributed by atoms with E-state index in [0.717, 1.165) is 39.5 Å². The van der Waals surface area contributed by atoms with Crippen LogP contribution in [0.2, 0.25) is 0 Å². The summed E-state index contributed by atoms with van der Waals surface area (Å²) in [7, 11) is 1.44. The lowest BCUT2D eigenvalue weighted by molar-refractivity contribution is -0.141. The molecule has 2 aliphatic rings. The zero-order valence-corrected chi connectivity index (χ0v) is 8.44. The SMILES string of the molecule is COC(=O)C1CN1CN1CCOCC1. The van der Waals surface area contributed by atoms with E-state index in [4.69, 9.17) is 4.74 Å². The lowest BCUT2D eigenvalue weighted by Gasteiger charge is -2.26. The van der Waals surface area contributed by atoms with Crippen molar-refractivity contribution >= 4 is 5.97 Å². The minimum atomic E-state index is -0.113. The van der Waals surface area contributed by atoms with Crippen molar-refractivity contribution in [1.82, 2.24) is 9.80 Å². The number of ether oxygens (including phenoxy) is 2. The first-order chi connectivity index (χ1) is 6.81. The molecule has 2 rings (SSSR count). The van der Waals surface area contributed by atoms with Gasteiger partial charge in [0.05, 0.1) is 27.0 Å². The van der Waals surface area contributed by atoms with E-state index in [9.17, 15) is 4.79 Å². The average molecular weight is 200 g/mol. The molecule has 80 valence electrons. The van der Waals surface area contributed by atoms with Gasteiger partial charge in [-0.1, -0.05) is 0 Å². The van der Waals surface area contributed by atoms with E-state index < -0.39 is 0 Å². The van der Waals surface area contributed by atoms with Crippen molar-refractivity contribution in [3.8, 4) is 0 Å². The molecule has 5 heteroatoms. The summed E-state index contributed by atoms with van der Waals surface area (Å²) in [6, 6.07) is 0.00263. The number of carbonyl (C=O) groups excluding carboxylic acids is 1. The summed E-state index contributed by atoms with van der Waals surface area (Å²) < 4.78 is 9.92. The van der Waals surface area contributed by atoms with Crippen LogP contribution in [0.15, 0.2) is 0 Å². The molecular weight excluding hydrogens is 184 g/mol. The van der Waals surface area contributed by atoms with Gasteiger partial charge in [-0.3, -0.25) is 14.6 Å². The summed E-state index contributed by atoms with van der Waals surface area (Å²) in [5.41, 5.74) is 0. The maximum absolute atomic E-state index is 11.1. The van der Waals surface area contributed by atoms with E-state index in [2.05, 4.69) is 14.5 Å². The summed E-state index contributed by atoms with van der Waals surface area (Å²) in [6.07, 6.45) is 0. The Morgan fingerprint density at radius 2 is 2.21 bits per heavy atom. The lowest BCUT2D eigenvalue weighted by atomic mass is 10.4. The highest BCUT2D eigenvalue weighted by molar-refractivity contribution is 5.78. The number of carbonyl (C=O) groups is 1. The third-order valence-electron chi connectivity index (χ3n) is 2.67. The molecule has 0 amide bonds. The van der Waals surface area contributed by atoms with Gasteiger partial charge >= 0.3 is 5.97 Å². The van der Waals surface area contributed by atoms with Crippen LogP contribution in [0.4, 0.5) is 0 Å². The molecule has 0 spiro atoms. The molecule has 0 aromatic carbocycles. The second-order valence-corrected chi connectivity index (χ2v) is 3.68. The fourth-order valence-electron chi connectivity index (χ4n) is 1.69. The molecule has 0 aromatic heterocycles. The maximum Gasteiger partial charge on any atom is 0.324 e. The first kappa shape index (κ1) is 9.89. The Morgan fingerprint density at radius 3 is 2.86 bits per heavy atom. The molecule has 0 aliphatic carbocycles. The molecule has 0 aromatic rings. The van der Waals surface area contributed by atoms with E-state index in [1.165, 1.54) is 7.11 Å². The number of hydrogen-bond donors (Lipinski definition) is 0. The molecule has 0 radical (unpaired) electrons. The van der Waals surface area contributed by atoms with Crippen molar-refractivity contribution in [2.75, 3.05) is 46.6 Å². The number of hydrogen-bond acceptors (Lipinski definition) is 5. The average Bonchev–Trinajstić information content (AvgIpc) is 2.98. The standard InChI is InChI=1S/C9H16N2O3/c1-13-9(12)8-6-11(8)7-10-2-4-14-5-3-10/h8H,2-7H2,1H3. The van der Waals surface area contributed by atoms with Crippen LogP contribution in [0.25, 0.3) is 0 Å². The number of rotatable bonds is 3. The quantitative estimate of drug-likeness (QED) is 0.438. The number of esters is 1. The number of methoxy groups -OCH3 is 1. The first-order valence-corrected chi connectivity index (χ1v) is 4.93. The second kappa shape index (κ2) is 4.25. The fraction of sp³-hybridized carbons (Fsp3) is 0.889. The van der Waals surface area contributed by atoms with Gasteiger partial charge in [0.1, 0.15) is 6.04 Å². The van der Waals surface area contributed by atoms with E-state index in [1.807, 2.05) is 0 Å². The zero-order valence-electron chi connectivity index (χ0n) is 8.44. The van der Waals surface area contributed by atoms with Crippen LogP contribution in [0.3, 0.4) is 0 Å². The Hall–Kier alpha value is -0.650. The number of nitrogens with zero attached hydrogens (tertiary/aromatic N) is 2. The topological polar surface area (TPSA) is 41.8 Å². The molecule has 2 unspecified atom stereocenters. The van der Waals surface area contributed by atoms with E-state index in [0.29, 0.717) is 0 Å². The highest BCUT2D eigenvalue weighted by atomic mass is 16.5. The van der Waals surface area contributed by atoms with E-state index >= 15 is 0 Å². The van der Waals surface area contributed by atoms with Gasteiger partial charge < -0.3 is 9.47 Å². The number of morpholine rings is 1. The summed E-state index contributed by atoms with van der Waals surface area (Å²) in [6.45, 7) is 5.23. The van der Waals surface area contributed by atoms with Crippen LogP contribution in [-0.2, 0) is 14.3 Å². The molecule has 0 N–H and O–H groups in total. The van der Waals surface area contributed by atoms with Gasteiger partial charge in [0.25, 0.3) is 0 Å². The van der Waals surface area contributed by atoms with Gasteiger partial charge in [0.2, 0.25) is 0 Å². The maximum atomic E-state index is 11.1. The molecule has 5 nitrogen and oxygen atoms in total. The Labute approximate surface area is 83.6 Å². The molecular formula is C9H16N2O3. The van der Waals surface area contributed by atoms with Crippen molar-refractivity contribution in [2.45, 2.75) is 6.04 Å². The van der Waals surface area contributed by atoms with Gasteiger partial charge in [-0.05, 0) is 0 Å². The largest absolute Gasteiger partial charge is 0.468 e. The van der Waals surface area contributed by atoms with Crippen molar-refractivity contribution < 1.29 is 14.3 Å². The van der Waals surface area contributed by atoms with Crippen molar-refractivity contribution in [1.29, 1.82) is 0 Å². The Kier molecular flexibility index (Phi) is 3.00. The Morgan fingerprint density at radius 1 is 1.50 bits per heavy atom. The summed E-state index contributed by atoms with van der Waals surface area (Å²) >= 11 is 0. The van der Waals surface area contributed by atoms with Gasteiger partial charge in [-0.15, -0.1) is 0 Å². The van der Waals surface area contributed by atoms with Crippen LogP contribution in [0.5, 0.6) is 0 Å². The predicted molar refractivity (Wildman–Crippen MR) is 49.8 cm³/mol. The van der Waals surface area contributed by atoms with Crippen LogP contribution < -0.4 is 0 Å². The van der Waals surface area contributed by atoms with E-state index in [-0.39, 0.29) is 12.0 Å². The van der Waals surface area contributed by atoms with Crippen LogP contribution in [0, 0.1) is 0 Å². The van der Waals surface area contributed by atoms with Gasteiger partial charge in [0.15, 0.2) is 0 Å². The van der Waals surface area contributed by atoms with Crippen LogP contribution in [-0.4, -0.2) is 68.4 Å². The Bertz CT molecular complexity index is 216. The summed E-state index contributed by atoms with van der Waals surface area (Å²) in [5, 5.41) is 0. The molecule has 2 saturated heterocycles. The van der Waals surface area contributed by atoms with Crippen molar-refractivity contribution in [2.24, 2.45) is 0 Å². The first-order valence-electron chi connectivity index (χ1n) is 4.93. The second-order valence-electron chi connectivity index (χ2n) is 3.68. The molecule has 2 aliphatic heterocycles. The van der Waals surface area contributed by atoms with Gasteiger partial charge in [-0.2, -0.15) is 0 Å². The molecule has 2 fully saturated rings. The highest BCUT2D eigenvalue weighted by Gasteiger charge is 2.42. The van der Waals surface area contributed by atoms with Crippen LogP contribution in [0.1, 0.15) is 0 Å². The monoisotopic (exact) mass is 200 g/mol. The van der Waals surface area contributed by atoms with Gasteiger partial charge in [-0.25, -0.2) is 0 Å². The minimum Gasteiger partial charge on any atom is -0.468 e. The third kappa shape index (κ3) is 2.23. The smallest absolute Gasteiger partial charge is 0.324 e. The molecule has 14 heavy (non-hydrogen) atoms. The summed E-state index contributed by atoms with van der Waals surface area (Å²) in [4.78, 5) is 15.5. The molecule has 0 bridgehead atoms. The van der Waals surface area contributed by atoms with Gasteiger partial charge in [0, 0.05) is 19.6 Å². The molecule has 2 atom stereocenters. The lowest BCUT2D eigenvalue weighted by Crippen LogP contribution is -2.40. The van der Waals surface area contributed by atoms with Crippen molar-refractivity contribution in [3.05, 3.63) is 0 Å². The third-order valence-corrected chi connectivity index (χ3v) is 2.67. The normalized spacial score (nSPS) is 32.6. The predicted octanol–water partition coefficient (Wildman–Crippen LogP) is -0.867. The molecule has 0 saturated carbocycles.